The first kappa shape index (κ1) is 20.8. The van der Waals surface area contributed by atoms with E-state index in [2.05, 4.69) is 20.6 Å². The molecule has 0 aliphatic carbocycles. The van der Waals surface area contributed by atoms with Crippen LogP contribution >= 0.6 is 11.8 Å². The number of ether oxygens (including phenoxy) is 2. The highest BCUT2D eigenvalue weighted by Gasteiger charge is 2.24. The monoisotopic (exact) mass is 468 g/mol. The molecule has 0 atom stereocenters. The lowest BCUT2D eigenvalue weighted by Gasteiger charge is -2.06. The predicted molar refractivity (Wildman–Crippen MR) is 118 cm³/mol. The van der Waals surface area contributed by atoms with Gasteiger partial charge in [-0.3, -0.25) is 4.79 Å². The van der Waals surface area contributed by atoms with Crippen molar-refractivity contribution in [3.8, 4) is 34.3 Å². The average Bonchev–Trinajstić information content (AvgIpc) is 3.52. The molecule has 168 valence electrons. The van der Waals surface area contributed by atoms with Crippen LogP contribution < -0.4 is 20.5 Å². The van der Waals surface area contributed by atoms with E-state index in [9.17, 15) is 9.18 Å². The van der Waals surface area contributed by atoms with Crippen molar-refractivity contribution < 1.29 is 23.2 Å². The second kappa shape index (κ2) is 8.47. The maximum atomic E-state index is 13.4. The third kappa shape index (κ3) is 4.07. The molecule has 0 fully saturated rings. The smallest absolute Gasteiger partial charge is 0.264 e. The van der Waals surface area contributed by atoms with E-state index in [0.29, 0.717) is 39.2 Å². The number of amides is 1. The van der Waals surface area contributed by atoms with Gasteiger partial charge in [-0.25, -0.2) is 9.07 Å². The molecule has 12 heteroatoms. The van der Waals surface area contributed by atoms with E-state index in [4.69, 9.17) is 19.7 Å². The van der Waals surface area contributed by atoms with Crippen LogP contribution in [0.2, 0.25) is 0 Å². The van der Waals surface area contributed by atoms with Crippen LogP contribution in [-0.2, 0) is 11.3 Å². The van der Waals surface area contributed by atoms with E-state index in [1.807, 2.05) is 6.26 Å². The molecule has 33 heavy (non-hydrogen) atoms. The summed E-state index contributed by atoms with van der Waals surface area (Å²) in [4.78, 5) is 16.9. The Morgan fingerprint density at radius 3 is 2.91 bits per heavy atom. The summed E-state index contributed by atoms with van der Waals surface area (Å²) in [6.07, 6.45) is 1.82. The highest BCUT2D eigenvalue weighted by atomic mass is 32.2. The van der Waals surface area contributed by atoms with Crippen molar-refractivity contribution >= 4 is 29.2 Å². The zero-order chi connectivity index (χ0) is 22.9. The summed E-state index contributed by atoms with van der Waals surface area (Å²) in [6.45, 7) is -0.0189. The summed E-state index contributed by atoms with van der Waals surface area (Å²) < 4.78 is 30.9. The van der Waals surface area contributed by atoms with Crippen LogP contribution in [0.25, 0.3) is 22.8 Å². The Labute approximate surface area is 190 Å². The van der Waals surface area contributed by atoms with Gasteiger partial charge in [0.25, 0.3) is 5.89 Å². The molecule has 0 radical (unpaired) electrons. The summed E-state index contributed by atoms with van der Waals surface area (Å²) in [7, 11) is 0. The van der Waals surface area contributed by atoms with Crippen LogP contribution in [0.15, 0.2) is 52.0 Å². The number of benzene rings is 2. The Kier molecular flexibility index (Phi) is 5.34. The van der Waals surface area contributed by atoms with Gasteiger partial charge in [0.05, 0.1) is 0 Å². The molecule has 2 aromatic carbocycles. The number of hydrogen-bond donors (Lipinski definition) is 2. The molecular weight excluding hydrogens is 451 g/mol. The summed E-state index contributed by atoms with van der Waals surface area (Å²) in [5.74, 6) is 1.07. The molecular formula is C21H17FN6O4S. The van der Waals surface area contributed by atoms with Gasteiger partial charge in [-0.1, -0.05) is 11.2 Å². The summed E-state index contributed by atoms with van der Waals surface area (Å²) in [5, 5.41) is 11.6. The topological polar surface area (TPSA) is 130 Å². The first-order valence-corrected chi connectivity index (χ1v) is 10.9. The number of carbonyl (C=O) groups excluding carboxylic acids is 1. The number of aromatic nitrogens is 4. The summed E-state index contributed by atoms with van der Waals surface area (Å²) in [6, 6.07) is 10.9. The number of nitrogens with one attached hydrogen (secondary N) is 1. The SMILES string of the molecule is CSc1nn(CC(=O)Nc2cccc(F)c2)c(N)c1-c1nc(-c2ccc3c(c2)OCO3)no1. The van der Waals surface area contributed by atoms with Gasteiger partial charge < -0.3 is 25.0 Å². The Morgan fingerprint density at radius 1 is 1.24 bits per heavy atom. The molecule has 1 aliphatic heterocycles. The molecule has 0 unspecified atom stereocenters. The number of nitrogens with two attached hydrogens (primary N) is 1. The fraction of sp³-hybridized carbons (Fsp3) is 0.143. The minimum absolute atomic E-state index is 0.163. The lowest BCUT2D eigenvalue weighted by Crippen LogP contribution is -2.20. The molecule has 3 heterocycles. The zero-order valence-corrected chi connectivity index (χ0v) is 18.1. The normalized spacial score (nSPS) is 12.2. The number of rotatable bonds is 6. The fourth-order valence-corrected chi connectivity index (χ4v) is 3.87. The van der Waals surface area contributed by atoms with Crippen molar-refractivity contribution in [2.45, 2.75) is 11.6 Å². The van der Waals surface area contributed by atoms with Gasteiger partial charge in [-0.2, -0.15) is 10.1 Å². The quantitative estimate of drug-likeness (QED) is 0.409. The van der Waals surface area contributed by atoms with E-state index in [1.165, 1.54) is 34.6 Å². The van der Waals surface area contributed by atoms with Gasteiger partial charge in [-0.05, 0) is 42.7 Å². The lowest BCUT2D eigenvalue weighted by atomic mass is 10.2. The van der Waals surface area contributed by atoms with Gasteiger partial charge in [0, 0.05) is 11.3 Å². The number of fused-ring (bicyclic) bond motifs is 1. The number of nitrogen functional groups attached to an aromatic ring is 1. The van der Waals surface area contributed by atoms with Crippen LogP contribution in [0.3, 0.4) is 0 Å². The molecule has 2 aromatic heterocycles. The van der Waals surface area contributed by atoms with Crippen molar-refractivity contribution in [1.29, 1.82) is 0 Å². The average molecular weight is 468 g/mol. The van der Waals surface area contributed by atoms with Crippen molar-refractivity contribution in [1.82, 2.24) is 19.9 Å². The van der Waals surface area contributed by atoms with Gasteiger partial charge in [0.1, 0.15) is 28.8 Å². The van der Waals surface area contributed by atoms with E-state index < -0.39 is 11.7 Å². The highest BCUT2D eigenvalue weighted by Crippen LogP contribution is 2.37. The Morgan fingerprint density at radius 2 is 2.09 bits per heavy atom. The van der Waals surface area contributed by atoms with Crippen molar-refractivity contribution in [3.05, 3.63) is 48.3 Å². The molecule has 1 amide bonds. The standard InChI is InChI=1S/C21H17FN6O4S/c1-33-21-17(18(23)28(26-21)9-16(29)24-13-4-2-3-12(22)8-13)20-25-19(27-32-20)11-5-6-14-15(7-11)31-10-30-14/h2-8H,9-10,23H2,1H3,(H,24,29). The van der Waals surface area contributed by atoms with Gasteiger partial charge in [-0.15, -0.1) is 11.8 Å². The lowest BCUT2D eigenvalue weighted by molar-refractivity contribution is -0.116. The van der Waals surface area contributed by atoms with E-state index in [0.717, 1.165) is 0 Å². The number of halogens is 1. The molecule has 0 saturated carbocycles. The second-order valence-corrected chi connectivity index (χ2v) is 7.77. The van der Waals surface area contributed by atoms with Crippen molar-refractivity contribution in [3.63, 3.8) is 0 Å². The molecule has 0 saturated heterocycles. The predicted octanol–water partition coefficient (Wildman–Crippen LogP) is 3.41. The van der Waals surface area contributed by atoms with Crippen molar-refractivity contribution in [2.24, 2.45) is 0 Å². The molecule has 0 bridgehead atoms. The molecule has 4 aromatic rings. The maximum absolute atomic E-state index is 13.4. The van der Waals surface area contributed by atoms with Crippen LogP contribution in [0, 0.1) is 5.82 Å². The third-order valence-corrected chi connectivity index (χ3v) is 5.50. The number of carbonyl (C=O) groups is 1. The minimum atomic E-state index is -0.451. The number of thioether (sulfide) groups is 1. The number of anilines is 2. The van der Waals surface area contributed by atoms with Gasteiger partial charge in [0.15, 0.2) is 11.5 Å². The fourth-order valence-electron chi connectivity index (χ4n) is 3.30. The summed E-state index contributed by atoms with van der Waals surface area (Å²) >= 11 is 1.32. The first-order valence-electron chi connectivity index (χ1n) is 9.71. The van der Waals surface area contributed by atoms with E-state index in [1.54, 1.807) is 24.3 Å². The Balaban J connectivity index is 1.40. The number of nitrogens with zero attached hydrogens (tertiary/aromatic N) is 4. The minimum Gasteiger partial charge on any atom is -0.454 e. The highest BCUT2D eigenvalue weighted by molar-refractivity contribution is 7.98. The molecule has 5 rings (SSSR count). The van der Waals surface area contributed by atoms with E-state index in [-0.39, 0.29) is 25.0 Å². The summed E-state index contributed by atoms with van der Waals surface area (Å²) in [5.41, 5.74) is 7.73. The molecule has 10 nitrogen and oxygen atoms in total. The maximum Gasteiger partial charge on any atom is 0.264 e. The Bertz CT molecular complexity index is 1350. The largest absolute Gasteiger partial charge is 0.454 e. The van der Waals surface area contributed by atoms with Crippen LogP contribution in [0.1, 0.15) is 0 Å². The van der Waals surface area contributed by atoms with Crippen molar-refractivity contribution in [2.75, 3.05) is 24.1 Å². The third-order valence-electron chi connectivity index (χ3n) is 4.83. The molecule has 0 spiro atoms. The zero-order valence-electron chi connectivity index (χ0n) is 17.2. The first-order chi connectivity index (χ1) is 16.0. The molecule has 3 N–H and O–H groups in total. The van der Waals surface area contributed by atoms with Gasteiger partial charge >= 0.3 is 0 Å². The van der Waals surface area contributed by atoms with Crippen LogP contribution in [-0.4, -0.2) is 38.9 Å². The van der Waals surface area contributed by atoms with E-state index >= 15 is 0 Å². The number of hydrogen-bond acceptors (Lipinski definition) is 9. The second-order valence-electron chi connectivity index (χ2n) is 6.98. The van der Waals surface area contributed by atoms with Crippen LogP contribution in [0.5, 0.6) is 11.5 Å². The molecule has 1 aliphatic rings. The van der Waals surface area contributed by atoms with Crippen LogP contribution in [0.4, 0.5) is 15.9 Å². The van der Waals surface area contributed by atoms with Gasteiger partial charge in [0.2, 0.25) is 18.5 Å². The Hall–Kier alpha value is -4.06.